The average molecular weight is 580 g/mol. The van der Waals surface area contributed by atoms with Gasteiger partial charge >= 0.3 is 12.1 Å². The van der Waals surface area contributed by atoms with Gasteiger partial charge in [-0.25, -0.2) is 31.6 Å². The number of anilines is 4. The largest absolute Gasteiger partial charge is 0.492 e. The Kier molecular flexibility index (Phi) is 7.97. The van der Waals surface area contributed by atoms with Crippen LogP contribution in [0.3, 0.4) is 0 Å². The van der Waals surface area contributed by atoms with Gasteiger partial charge < -0.3 is 15.5 Å². The number of hydrogen-bond acceptors (Lipinski definition) is 10. The molecule has 0 aliphatic heterocycles. The Morgan fingerprint density at radius 2 is 1.57 bits per heavy atom. The molecular formula is C20H17ClF3N5O6S2. The molecule has 0 saturated carbocycles. The number of carbonyl (C=O) groups is 1. The average Bonchev–Trinajstić information content (AvgIpc) is 2.79. The van der Waals surface area contributed by atoms with E-state index < -0.39 is 36.9 Å². The molecular weight excluding hydrogens is 563 g/mol. The Hall–Kier alpha value is -3.47. The first kappa shape index (κ1) is 28.1. The van der Waals surface area contributed by atoms with Crippen molar-refractivity contribution >= 4 is 60.4 Å². The van der Waals surface area contributed by atoms with Gasteiger partial charge in [-0.2, -0.15) is 13.2 Å². The van der Waals surface area contributed by atoms with E-state index in [2.05, 4.69) is 25.4 Å². The number of rotatable bonds is 8. The quantitative estimate of drug-likeness (QED) is 0.379. The van der Waals surface area contributed by atoms with Gasteiger partial charge in [-0.05, 0) is 46.9 Å². The number of benzene rings is 2. The standard InChI is InChI=1S/C20H17ClF3N5O6S2/c1-29(35-19(30)20(22,23)24)37(33,34)14-7-8-16(36(2,31)32)15(9-14)28-18-10-17(25-11-26-18)27-13-5-3-12(21)4-6-13/h3-11H,1-2H3,(H2,25,26,27,28). The number of halogens is 4. The lowest BCUT2D eigenvalue weighted by molar-refractivity contribution is -0.219. The Bertz CT molecular complexity index is 1530. The van der Waals surface area contributed by atoms with Crippen LogP contribution in [0.4, 0.5) is 36.2 Å². The minimum atomic E-state index is -5.44. The van der Waals surface area contributed by atoms with Crippen LogP contribution in [-0.2, 0) is 29.5 Å². The van der Waals surface area contributed by atoms with E-state index in [4.69, 9.17) is 11.6 Å². The van der Waals surface area contributed by atoms with Gasteiger partial charge in [-0.3, -0.25) is 0 Å². The van der Waals surface area contributed by atoms with Crippen LogP contribution in [0, 0.1) is 0 Å². The number of sulfone groups is 1. The maximum Gasteiger partial charge on any atom is 0.492 e. The summed E-state index contributed by atoms with van der Waals surface area (Å²) >= 11 is 5.86. The van der Waals surface area contributed by atoms with E-state index in [1.54, 1.807) is 24.3 Å². The summed E-state index contributed by atoms with van der Waals surface area (Å²) in [6.45, 7) is 0. The minimum Gasteiger partial charge on any atom is -0.345 e. The molecule has 17 heteroatoms. The van der Waals surface area contributed by atoms with Crippen LogP contribution in [0.15, 0.2) is 64.6 Å². The molecule has 0 aliphatic rings. The third kappa shape index (κ3) is 7.06. The fourth-order valence-electron chi connectivity index (χ4n) is 2.77. The van der Waals surface area contributed by atoms with Gasteiger partial charge in [-0.15, -0.1) is 0 Å². The molecule has 0 unspecified atom stereocenters. The number of sulfonamides is 1. The topological polar surface area (TPSA) is 148 Å². The number of alkyl halides is 3. The molecule has 0 amide bonds. The van der Waals surface area contributed by atoms with Crippen LogP contribution in [0.2, 0.25) is 5.02 Å². The van der Waals surface area contributed by atoms with Crippen LogP contribution in [0.1, 0.15) is 0 Å². The van der Waals surface area contributed by atoms with Gasteiger partial charge in [-0.1, -0.05) is 11.6 Å². The molecule has 198 valence electrons. The zero-order valence-electron chi connectivity index (χ0n) is 18.8. The van der Waals surface area contributed by atoms with Gasteiger partial charge in [0.2, 0.25) is 0 Å². The predicted molar refractivity (Wildman–Crippen MR) is 127 cm³/mol. The molecule has 2 N–H and O–H groups in total. The molecule has 0 bridgehead atoms. The smallest absolute Gasteiger partial charge is 0.345 e. The summed E-state index contributed by atoms with van der Waals surface area (Å²) in [5, 5.41) is 6.15. The molecule has 0 radical (unpaired) electrons. The number of carbonyl (C=O) groups excluding carboxylic acids is 1. The highest BCUT2D eigenvalue weighted by molar-refractivity contribution is 7.91. The van der Waals surface area contributed by atoms with E-state index in [9.17, 15) is 34.8 Å². The van der Waals surface area contributed by atoms with Crippen molar-refractivity contribution < 1.29 is 39.6 Å². The Labute approximate surface area is 214 Å². The zero-order valence-corrected chi connectivity index (χ0v) is 21.2. The van der Waals surface area contributed by atoms with Crippen molar-refractivity contribution in [2.75, 3.05) is 23.9 Å². The lowest BCUT2D eigenvalue weighted by Gasteiger charge is -2.18. The van der Waals surface area contributed by atoms with Crippen LogP contribution in [0.25, 0.3) is 0 Å². The third-order valence-corrected chi connectivity index (χ3v) is 7.48. The molecule has 3 rings (SSSR count). The molecule has 11 nitrogen and oxygen atoms in total. The summed E-state index contributed by atoms with van der Waals surface area (Å²) in [6, 6.07) is 10.6. The summed E-state index contributed by atoms with van der Waals surface area (Å²) in [5.74, 6) is -2.43. The predicted octanol–water partition coefficient (Wildman–Crippen LogP) is 3.66. The zero-order chi connectivity index (χ0) is 27.6. The van der Waals surface area contributed by atoms with Crippen molar-refractivity contribution in [2.24, 2.45) is 0 Å². The van der Waals surface area contributed by atoms with Crippen molar-refractivity contribution in [3.63, 3.8) is 0 Å². The fraction of sp³-hybridized carbons (Fsp3) is 0.150. The van der Waals surface area contributed by atoms with Gasteiger partial charge in [0.25, 0.3) is 10.0 Å². The van der Waals surface area contributed by atoms with Crippen LogP contribution in [-0.4, -0.2) is 56.7 Å². The Balaban J connectivity index is 1.95. The number of nitrogens with one attached hydrogen (secondary N) is 2. The first-order valence-corrected chi connectivity index (χ1v) is 13.5. The first-order chi connectivity index (χ1) is 17.1. The summed E-state index contributed by atoms with van der Waals surface area (Å²) in [4.78, 5) is 21.9. The minimum absolute atomic E-state index is 0.0442. The molecule has 1 heterocycles. The second-order valence-electron chi connectivity index (χ2n) is 7.27. The summed E-state index contributed by atoms with van der Waals surface area (Å²) in [6.07, 6.45) is -3.43. The second-order valence-corrected chi connectivity index (χ2v) is 11.6. The highest BCUT2D eigenvalue weighted by Crippen LogP contribution is 2.30. The van der Waals surface area contributed by atoms with E-state index >= 15 is 0 Å². The molecule has 0 saturated heterocycles. The molecule has 1 aromatic heterocycles. The van der Waals surface area contributed by atoms with E-state index in [0.717, 1.165) is 30.8 Å². The number of hydrogen-bond donors (Lipinski definition) is 2. The molecule has 3 aromatic rings. The number of nitrogens with zero attached hydrogens (tertiary/aromatic N) is 3. The molecule has 2 aromatic carbocycles. The summed E-state index contributed by atoms with van der Waals surface area (Å²) in [5.41, 5.74) is 0.352. The summed E-state index contributed by atoms with van der Waals surface area (Å²) in [7, 11) is -8.16. The number of hydroxylamine groups is 1. The maximum absolute atomic E-state index is 12.7. The lowest BCUT2D eigenvalue weighted by atomic mass is 10.3. The van der Waals surface area contributed by atoms with Crippen molar-refractivity contribution in [3.8, 4) is 0 Å². The molecule has 0 fully saturated rings. The van der Waals surface area contributed by atoms with E-state index in [1.807, 2.05) is 0 Å². The first-order valence-electron chi connectivity index (χ1n) is 9.81. The van der Waals surface area contributed by atoms with E-state index in [0.29, 0.717) is 17.8 Å². The van der Waals surface area contributed by atoms with Crippen molar-refractivity contribution in [1.29, 1.82) is 0 Å². The summed E-state index contributed by atoms with van der Waals surface area (Å²) < 4.78 is 87.1. The third-order valence-electron chi connectivity index (χ3n) is 4.48. The van der Waals surface area contributed by atoms with Crippen LogP contribution < -0.4 is 10.6 Å². The monoisotopic (exact) mass is 579 g/mol. The Morgan fingerprint density at radius 1 is 0.973 bits per heavy atom. The van der Waals surface area contributed by atoms with Crippen molar-refractivity contribution in [2.45, 2.75) is 16.0 Å². The molecule has 0 atom stereocenters. The lowest BCUT2D eigenvalue weighted by Crippen LogP contribution is -2.36. The highest BCUT2D eigenvalue weighted by atomic mass is 35.5. The van der Waals surface area contributed by atoms with Gasteiger partial charge in [0.15, 0.2) is 9.84 Å². The molecule has 0 aliphatic carbocycles. The van der Waals surface area contributed by atoms with E-state index in [-0.39, 0.29) is 26.7 Å². The molecule has 0 spiro atoms. The van der Waals surface area contributed by atoms with Crippen LogP contribution in [0.5, 0.6) is 0 Å². The fourth-order valence-corrected chi connectivity index (χ4v) is 4.69. The Morgan fingerprint density at radius 3 is 2.14 bits per heavy atom. The molecule has 37 heavy (non-hydrogen) atoms. The van der Waals surface area contributed by atoms with Crippen LogP contribution >= 0.6 is 11.6 Å². The van der Waals surface area contributed by atoms with Gasteiger partial charge in [0.1, 0.15) is 18.0 Å². The number of aromatic nitrogens is 2. The van der Waals surface area contributed by atoms with Gasteiger partial charge in [0, 0.05) is 30.1 Å². The van der Waals surface area contributed by atoms with Gasteiger partial charge in [0.05, 0.1) is 15.5 Å². The highest BCUT2D eigenvalue weighted by Gasteiger charge is 2.44. The van der Waals surface area contributed by atoms with Crippen molar-refractivity contribution in [1.82, 2.24) is 14.4 Å². The van der Waals surface area contributed by atoms with E-state index in [1.165, 1.54) is 6.07 Å². The normalized spacial score (nSPS) is 12.3. The SMILES string of the molecule is CN(OC(=O)C(F)(F)F)S(=O)(=O)c1ccc(S(C)(=O)=O)c(Nc2cc(Nc3ccc(Cl)cc3)ncn2)c1. The van der Waals surface area contributed by atoms with Crippen molar-refractivity contribution in [3.05, 3.63) is 59.9 Å². The second kappa shape index (κ2) is 10.5. The maximum atomic E-state index is 12.7.